The van der Waals surface area contributed by atoms with E-state index in [-0.39, 0.29) is 0 Å². The second kappa shape index (κ2) is 3.97. The number of carbonyl (C=O) groups is 1. The summed E-state index contributed by atoms with van der Waals surface area (Å²) >= 11 is 0. The first-order valence-electron chi connectivity index (χ1n) is 4.11. The highest BCUT2D eigenvalue weighted by Crippen LogP contribution is 2.22. The highest BCUT2D eigenvalue weighted by atomic mass is 16.7. The van der Waals surface area contributed by atoms with Crippen molar-refractivity contribution >= 4 is 17.3 Å². The lowest BCUT2D eigenvalue weighted by molar-refractivity contribution is -0.145. The number of anilines is 2. The molecule has 76 valence electrons. The zero-order valence-corrected chi connectivity index (χ0v) is 7.86. The summed E-state index contributed by atoms with van der Waals surface area (Å²) in [5, 5.41) is 0. The Bertz CT molecular complexity index is 352. The van der Waals surface area contributed by atoms with Gasteiger partial charge in [-0.15, -0.1) is 0 Å². The Labute approximate surface area is 81.8 Å². The quantitative estimate of drug-likeness (QED) is 0.467. The second-order valence-electron chi connectivity index (χ2n) is 3.05. The van der Waals surface area contributed by atoms with E-state index < -0.39 is 11.9 Å². The van der Waals surface area contributed by atoms with E-state index in [2.05, 4.69) is 4.84 Å². The van der Waals surface area contributed by atoms with Crippen LogP contribution in [0.4, 0.5) is 11.4 Å². The third-order valence-electron chi connectivity index (χ3n) is 2.08. The molecule has 14 heavy (non-hydrogen) atoms. The number of rotatable bonds is 2. The second-order valence-corrected chi connectivity index (χ2v) is 3.05. The van der Waals surface area contributed by atoms with Crippen LogP contribution in [0.15, 0.2) is 18.2 Å². The molecule has 5 heteroatoms. The van der Waals surface area contributed by atoms with E-state index in [9.17, 15) is 4.79 Å². The molecule has 0 aliphatic carbocycles. The Hall–Kier alpha value is -1.75. The van der Waals surface area contributed by atoms with Crippen molar-refractivity contribution in [2.75, 3.05) is 11.5 Å². The summed E-state index contributed by atoms with van der Waals surface area (Å²) in [5.41, 5.74) is 12.8. The lowest BCUT2D eigenvalue weighted by Gasteiger charge is -2.10. The molecule has 0 aliphatic rings. The molecule has 0 heterocycles. The highest BCUT2D eigenvalue weighted by Gasteiger charge is 2.16. The van der Waals surface area contributed by atoms with E-state index in [0.29, 0.717) is 11.4 Å². The number of nitrogen functional groups attached to an aromatic ring is 2. The van der Waals surface area contributed by atoms with Crippen LogP contribution in [0.2, 0.25) is 0 Å². The monoisotopic (exact) mass is 195 g/mol. The lowest BCUT2D eigenvalue weighted by atomic mass is 10.0. The Balaban J connectivity index is 2.96. The Morgan fingerprint density at radius 3 is 2.50 bits per heavy atom. The van der Waals surface area contributed by atoms with Crippen molar-refractivity contribution in [2.24, 2.45) is 5.90 Å². The van der Waals surface area contributed by atoms with Crippen molar-refractivity contribution in [1.29, 1.82) is 0 Å². The molecule has 0 saturated carbocycles. The molecular formula is C9H13N3O2. The number of hydrogen-bond donors (Lipinski definition) is 3. The van der Waals surface area contributed by atoms with Crippen molar-refractivity contribution < 1.29 is 9.63 Å². The van der Waals surface area contributed by atoms with E-state index in [1.807, 2.05) is 0 Å². The summed E-state index contributed by atoms with van der Waals surface area (Å²) < 4.78 is 0. The van der Waals surface area contributed by atoms with Crippen LogP contribution in [0.1, 0.15) is 18.4 Å². The predicted octanol–water partition coefficient (Wildman–Crippen LogP) is 0.371. The van der Waals surface area contributed by atoms with E-state index in [0.717, 1.165) is 5.56 Å². The maximum absolute atomic E-state index is 11.1. The van der Waals surface area contributed by atoms with E-state index >= 15 is 0 Å². The summed E-state index contributed by atoms with van der Waals surface area (Å²) in [6, 6.07) is 5.00. The fourth-order valence-corrected chi connectivity index (χ4v) is 1.10. The van der Waals surface area contributed by atoms with E-state index in [4.69, 9.17) is 17.4 Å². The maximum atomic E-state index is 11.1. The van der Waals surface area contributed by atoms with Gasteiger partial charge in [-0.05, 0) is 24.6 Å². The van der Waals surface area contributed by atoms with Crippen LogP contribution in [0.25, 0.3) is 0 Å². The minimum Gasteiger partial charge on any atom is -0.397 e. The van der Waals surface area contributed by atoms with Gasteiger partial charge in [-0.2, -0.15) is 5.90 Å². The summed E-state index contributed by atoms with van der Waals surface area (Å²) in [6.45, 7) is 1.68. The summed E-state index contributed by atoms with van der Waals surface area (Å²) in [6.07, 6.45) is 0. The molecule has 1 aromatic carbocycles. The molecule has 0 saturated heterocycles. The first-order chi connectivity index (χ1) is 6.56. The fraction of sp³-hybridized carbons (Fsp3) is 0.222. The maximum Gasteiger partial charge on any atom is 0.331 e. The zero-order valence-electron chi connectivity index (χ0n) is 7.86. The van der Waals surface area contributed by atoms with Gasteiger partial charge in [0.1, 0.15) is 0 Å². The first-order valence-corrected chi connectivity index (χ1v) is 4.11. The SMILES string of the molecule is CC(C(=O)ON)c1ccc(N)c(N)c1. The van der Waals surface area contributed by atoms with Crippen LogP contribution in [0.3, 0.4) is 0 Å². The average molecular weight is 195 g/mol. The van der Waals surface area contributed by atoms with Gasteiger partial charge in [0.25, 0.3) is 0 Å². The molecule has 0 radical (unpaired) electrons. The number of nitrogens with two attached hydrogens (primary N) is 3. The molecule has 0 aromatic heterocycles. The molecule has 0 aliphatic heterocycles. The summed E-state index contributed by atoms with van der Waals surface area (Å²) in [4.78, 5) is 15.2. The molecule has 1 rings (SSSR count). The van der Waals surface area contributed by atoms with Gasteiger partial charge in [-0.1, -0.05) is 6.07 Å². The zero-order chi connectivity index (χ0) is 10.7. The third kappa shape index (κ3) is 1.94. The van der Waals surface area contributed by atoms with Crippen molar-refractivity contribution in [3.8, 4) is 0 Å². The summed E-state index contributed by atoms with van der Waals surface area (Å²) in [7, 11) is 0. The Morgan fingerprint density at radius 2 is 2.00 bits per heavy atom. The molecular weight excluding hydrogens is 182 g/mol. The van der Waals surface area contributed by atoms with Gasteiger partial charge < -0.3 is 16.3 Å². The number of carbonyl (C=O) groups excluding carboxylic acids is 1. The van der Waals surface area contributed by atoms with E-state index in [1.165, 1.54) is 0 Å². The van der Waals surface area contributed by atoms with Gasteiger partial charge in [0.2, 0.25) is 0 Å². The molecule has 1 atom stereocenters. The van der Waals surface area contributed by atoms with Gasteiger partial charge in [0.15, 0.2) is 0 Å². The fourth-order valence-electron chi connectivity index (χ4n) is 1.10. The molecule has 0 bridgehead atoms. The first kappa shape index (κ1) is 10.3. The molecule has 5 nitrogen and oxygen atoms in total. The van der Waals surface area contributed by atoms with Crippen LogP contribution in [0, 0.1) is 0 Å². The molecule has 0 amide bonds. The van der Waals surface area contributed by atoms with Crippen molar-refractivity contribution in [3.05, 3.63) is 23.8 Å². The van der Waals surface area contributed by atoms with Gasteiger partial charge in [0, 0.05) is 0 Å². The molecule has 0 fully saturated rings. The van der Waals surface area contributed by atoms with Gasteiger partial charge in [-0.25, -0.2) is 4.79 Å². The minimum absolute atomic E-state index is 0.442. The topological polar surface area (TPSA) is 104 Å². The van der Waals surface area contributed by atoms with Gasteiger partial charge in [-0.3, -0.25) is 0 Å². The van der Waals surface area contributed by atoms with Gasteiger partial charge >= 0.3 is 5.97 Å². The minimum atomic E-state index is -0.505. The van der Waals surface area contributed by atoms with E-state index in [1.54, 1.807) is 25.1 Å². The van der Waals surface area contributed by atoms with Crippen molar-refractivity contribution in [1.82, 2.24) is 0 Å². The Kier molecular flexibility index (Phi) is 2.93. The molecule has 1 unspecified atom stereocenters. The third-order valence-corrected chi connectivity index (χ3v) is 2.08. The van der Waals surface area contributed by atoms with Crippen LogP contribution >= 0.6 is 0 Å². The van der Waals surface area contributed by atoms with Crippen molar-refractivity contribution in [3.63, 3.8) is 0 Å². The average Bonchev–Trinajstić information content (AvgIpc) is 2.20. The standard InChI is InChI=1S/C9H13N3O2/c1-5(9(13)14-12)6-2-3-7(10)8(11)4-6/h2-5H,10-12H2,1H3. The number of hydrogen-bond acceptors (Lipinski definition) is 5. The van der Waals surface area contributed by atoms with Crippen LogP contribution in [-0.2, 0) is 9.63 Å². The number of benzene rings is 1. The normalized spacial score (nSPS) is 12.1. The summed E-state index contributed by atoms with van der Waals surface area (Å²) in [5.74, 6) is 3.83. The molecule has 0 spiro atoms. The Morgan fingerprint density at radius 1 is 1.36 bits per heavy atom. The van der Waals surface area contributed by atoms with Crippen LogP contribution in [-0.4, -0.2) is 5.97 Å². The predicted molar refractivity (Wildman–Crippen MR) is 54.0 cm³/mol. The lowest BCUT2D eigenvalue weighted by Crippen LogP contribution is -2.17. The van der Waals surface area contributed by atoms with Crippen LogP contribution < -0.4 is 17.4 Å². The largest absolute Gasteiger partial charge is 0.397 e. The molecule has 6 N–H and O–H groups in total. The van der Waals surface area contributed by atoms with Crippen LogP contribution in [0.5, 0.6) is 0 Å². The smallest absolute Gasteiger partial charge is 0.331 e. The van der Waals surface area contributed by atoms with Gasteiger partial charge in [0.05, 0.1) is 17.3 Å². The highest BCUT2D eigenvalue weighted by molar-refractivity contribution is 5.78. The molecule has 1 aromatic rings. The van der Waals surface area contributed by atoms with Crippen molar-refractivity contribution in [2.45, 2.75) is 12.8 Å².